The first-order valence-corrected chi connectivity index (χ1v) is 6.16. The number of hydrogen-bond donors (Lipinski definition) is 1. The van der Waals surface area contributed by atoms with Crippen LogP contribution in [0.15, 0.2) is 30.8 Å². The Morgan fingerprint density at radius 2 is 1.63 bits per heavy atom. The zero-order valence-corrected chi connectivity index (χ0v) is 11.3. The second-order valence-corrected chi connectivity index (χ2v) is 4.74. The van der Waals surface area contributed by atoms with Gasteiger partial charge in [-0.3, -0.25) is 0 Å². The lowest BCUT2D eigenvalue weighted by Gasteiger charge is -2.21. The molecule has 1 aromatic carbocycles. The van der Waals surface area contributed by atoms with E-state index in [1.54, 1.807) is 0 Å². The first-order valence-electron chi connectivity index (χ1n) is 6.16. The number of allylic oxidation sites excluding steroid dienone is 1. The Morgan fingerprint density at radius 3 is 2.11 bits per heavy atom. The fourth-order valence-electron chi connectivity index (χ4n) is 2.38. The Bertz CT molecular complexity index is 419. The normalized spacial score (nSPS) is 16.8. The molecule has 0 aromatic heterocycles. The number of nitrogens with two attached hydrogens (primary N) is 1. The third-order valence-corrected chi connectivity index (χ3v) is 3.51. The Balaban J connectivity index is 0.00000180. The van der Waals surface area contributed by atoms with Gasteiger partial charge in [0, 0.05) is 12.8 Å². The zero-order chi connectivity index (χ0) is 13.2. The summed E-state index contributed by atoms with van der Waals surface area (Å²) >= 11 is 0. The van der Waals surface area contributed by atoms with Gasteiger partial charge in [-0.15, -0.1) is 0 Å². The quantitative estimate of drug-likeness (QED) is 0.771. The molecule has 2 N–H and O–H groups in total. The molecule has 19 heavy (non-hydrogen) atoms. The molecule has 1 heterocycles. The summed E-state index contributed by atoms with van der Waals surface area (Å²) in [5, 5.41) is 2.27. The Kier molecular flexibility index (Phi) is 5.44. The number of rotatable bonds is 2. The van der Waals surface area contributed by atoms with Crippen molar-refractivity contribution in [1.29, 1.82) is 0 Å². The molecule has 2 rings (SSSR count). The van der Waals surface area contributed by atoms with E-state index in [1.807, 2.05) is 12.1 Å². The molecule has 0 amide bonds. The molecule has 0 radical (unpaired) electrons. The van der Waals surface area contributed by atoms with E-state index in [9.17, 15) is 13.2 Å². The largest absolute Gasteiger partial charge is 1.00 e. The molecule has 1 saturated heterocycles. The second kappa shape index (κ2) is 6.44. The van der Waals surface area contributed by atoms with Crippen LogP contribution in [0.3, 0.4) is 0 Å². The van der Waals surface area contributed by atoms with E-state index in [1.165, 1.54) is 12.1 Å². The third kappa shape index (κ3) is 3.98. The number of alkyl halides is 3. The van der Waals surface area contributed by atoms with Gasteiger partial charge in [-0.2, -0.15) is 13.2 Å². The summed E-state index contributed by atoms with van der Waals surface area (Å²) in [5.74, 6) is 0.489. The van der Waals surface area contributed by atoms with E-state index in [4.69, 9.17) is 0 Å². The van der Waals surface area contributed by atoms with E-state index in [0.29, 0.717) is 5.92 Å². The van der Waals surface area contributed by atoms with Crippen molar-refractivity contribution in [2.75, 3.05) is 13.1 Å². The van der Waals surface area contributed by atoms with E-state index in [-0.39, 0.29) is 18.0 Å². The highest BCUT2D eigenvalue weighted by atomic mass is 35.5. The van der Waals surface area contributed by atoms with Gasteiger partial charge in [-0.05, 0) is 17.0 Å². The molecule has 1 fully saturated rings. The topological polar surface area (TPSA) is 16.6 Å². The Hall–Kier alpha value is -1.00. The fraction of sp³-hybridized carbons (Fsp3) is 0.429. The number of halogens is 4. The fourth-order valence-corrected chi connectivity index (χ4v) is 2.38. The van der Waals surface area contributed by atoms with Crippen LogP contribution in [0.4, 0.5) is 13.2 Å². The molecule has 0 bridgehead atoms. The van der Waals surface area contributed by atoms with Crippen LogP contribution < -0.4 is 17.7 Å². The van der Waals surface area contributed by atoms with Crippen LogP contribution in [0.1, 0.15) is 29.9 Å². The van der Waals surface area contributed by atoms with Gasteiger partial charge < -0.3 is 17.7 Å². The van der Waals surface area contributed by atoms with Crippen molar-refractivity contribution in [3.63, 3.8) is 0 Å². The summed E-state index contributed by atoms with van der Waals surface area (Å²) in [6, 6.07) is 6.68. The van der Waals surface area contributed by atoms with Crippen LogP contribution in [0.5, 0.6) is 0 Å². The summed E-state index contributed by atoms with van der Waals surface area (Å²) < 4.78 is 37.5. The van der Waals surface area contributed by atoms with Crippen LogP contribution in [-0.2, 0) is 0 Å². The Labute approximate surface area is 117 Å². The highest BCUT2D eigenvalue weighted by Gasteiger charge is 2.32. The van der Waals surface area contributed by atoms with Crippen molar-refractivity contribution in [3.05, 3.63) is 42.0 Å². The number of hydrogen-bond acceptors (Lipinski definition) is 0. The molecule has 0 saturated carbocycles. The van der Waals surface area contributed by atoms with Crippen molar-refractivity contribution in [2.45, 2.75) is 24.9 Å². The van der Waals surface area contributed by atoms with Gasteiger partial charge in [0.15, 0.2) is 0 Å². The smallest absolute Gasteiger partial charge is 0.416 e. The van der Waals surface area contributed by atoms with Crippen LogP contribution >= 0.6 is 0 Å². The summed E-state index contributed by atoms with van der Waals surface area (Å²) in [7, 11) is 0. The van der Waals surface area contributed by atoms with E-state index >= 15 is 0 Å². The predicted molar refractivity (Wildman–Crippen MR) is 65.2 cm³/mol. The second-order valence-electron chi connectivity index (χ2n) is 4.74. The maximum absolute atomic E-state index is 12.5. The average molecular weight is 292 g/mol. The minimum Gasteiger partial charge on any atom is -1.00 e. The lowest BCUT2D eigenvalue weighted by molar-refractivity contribution is -0.663. The average Bonchev–Trinajstić information content (AvgIpc) is 2.38. The monoisotopic (exact) mass is 291 g/mol. The molecule has 1 nitrogen and oxygen atoms in total. The highest BCUT2D eigenvalue weighted by molar-refractivity contribution is 5.67. The van der Waals surface area contributed by atoms with Gasteiger partial charge in [0.2, 0.25) is 0 Å². The minimum atomic E-state index is -4.35. The highest BCUT2D eigenvalue weighted by Crippen LogP contribution is 2.33. The van der Waals surface area contributed by atoms with Gasteiger partial charge in [-0.25, -0.2) is 0 Å². The van der Waals surface area contributed by atoms with Crippen LogP contribution in [-0.4, -0.2) is 19.3 Å². The van der Waals surface area contributed by atoms with Crippen molar-refractivity contribution in [1.82, 2.24) is 0 Å². The molecule has 0 aliphatic carbocycles. The van der Waals surface area contributed by atoms with Crippen LogP contribution in [0.2, 0.25) is 0 Å². The lowest BCUT2D eigenvalue weighted by atomic mass is 9.89. The van der Waals surface area contributed by atoms with Gasteiger partial charge in [0.1, 0.15) is 0 Å². The van der Waals surface area contributed by atoms with Gasteiger partial charge in [0.25, 0.3) is 0 Å². The molecular formula is C14H17ClF3N. The minimum absolute atomic E-state index is 0. The van der Waals surface area contributed by atoms with E-state index in [0.717, 1.165) is 31.5 Å². The molecule has 5 heteroatoms. The number of quaternary nitrogens is 1. The Morgan fingerprint density at radius 1 is 1.11 bits per heavy atom. The molecule has 0 atom stereocenters. The first kappa shape index (κ1) is 16.1. The molecule has 1 aromatic rings. The molecule has 1 aliphatic rings. The van der Waals surface area contributed by atoms with Gasteiger partial charge >= 0.3 is 6.18 Å². The summed E-state index contributed by atoms with van der Waals surface area (Å²) in [6.45, 7) is 5.31. The zero-order valence-electron chi connectivity index (χ0n) is 10.5. The summed E-state index contributed by atoms with van der Waals surface area (Å²) in [5.41, 5.74) is 0.529. The lowest BCUT2D eigenvalue weighted by Crippen LogP contribution is -3.00. The van der Waals surface area contributed by atoms with Crippen LogP contribution in [0, 0.1) is 0 Å². The van der Waals surface area contributed by atoms with Gasteiger partial charge in [-0.1, -0.05) is 30.8 Å². The molecule has 106 valence electrons. The van der Waals surface area contributed by atoms with E-state index < -0.39 is 11.7 Å². The predicted octanol–water partition coefficient (Wildman–Crippen LogP) is -0.293. The summed E-state index contributed by atoms with van der Waals surface area (Å²) in [4.78, 5) is 0. The molecule has 0 spiro atoms. The molecular weight excluding hydrogens is 275 g/mol. The van der Waals surface area contributed by atoms with Crippen molar-refractivity contribution in [2.24, 2.45) is 0 Å². The van der Waals surface area contributed by atoms with Crippen molar-refractivity contribution < 1.29 is 30.9 Å². The van der Waals surface area contributed by atoms with Gasteiger partial charge in [0.05, 0.1) is 18.7 Å². The SMILES string of the molecule is C=C(c1ccc(C2CC[NH2+]CC2)cc1)C(F)(F)F.[Cl-]. The van der Waals surface area contributed by atoms with Crippen LogP contribution in [0.25, 0.3) is 5.57 Å². The standard InChI is InChI=1S/C14H16F3N.ClH/c1-10(14(15,16)17)11-2-4-12(5-3-11)13-6-8-18-9-7-13;/h2-5,13,18H,1,6-9H2;1H. The van der Waals surface area contributed by atoms with Crippen molar-refractivity contribution >= 4 is 5.57 Å². The first-order chi connectivity index (χ1) is 8.48. The number of piperidine rings is 1. The van der Waals surface area contributed by atoms with E-state index in [2.05, 4.69) is 11.9 Å². The van der Waals surface area contributed by atoms with Crippen molar-refractivity contribution in [3.8, 4) is 0 Å². The molecule has 1 aliphatic heterocycles. The number of benzene rings is 1. The molecule has 0 unspecified atom stereocenters. The summed E-state index contributed by atoms with van der Waals surface area (Å²) in [6.07, 6.45) is -2.15. The maximum Gasteiger partial charge on any atom is 0.416 e. The third-order valence-electron chi connectivity index (χ3n) is 3.51. The maximum atomic E-state index is 12.5.